The van der Waals surface area contributed by atoms with Gasteiger partial charge >= 0.3 is 5.69 Å². The number of fused-ring (bicyclic) bond motifs is 6. The van der Waals surface area contributed by atoms with Crippen molar-refractivity contribution in [2.45, 2.75) is 25.3 Å². The van der Waals surface area contributed by atoms with Crippen LogP contribution in [0.25, 0.3) is 20.3 Å². The lowest BCUT2D eigenvalue weighted by Crippen LogP contribution is -2.38. The van der Waals surface area contributed by atoms with Crippen LogP contribution in [0.5, 0.6) is 5.75 Å². The summed E-state index contributed by atoms with van der Waals surface area (Å²) in [4.78, 5) is 35.3. The molecule has 1 fully saturated rings. The van der Waals surface area contributed by atoms with E-state index >= 15 is 0 Å². The first-order valence-electron chi connectivity index (χ1n) is 11.0. The first kappa shape index (κ1) is 19.7. The Bertz CT molecular complexity index is 1450. The number of benzene rings is 1. The second kappa shape index (κ2) is 7.56. The van der Waals surface area contributed by atoms with Crippen LogP contribution in [0.2, 0.25) is 0 Å². The van der Waals surface area contributed by atoms with E-state index in [4.69, 9.17) is 4.74 Å². The average Bonchev–Trinajstić information content (AvgIpc) is 3.40. The highest BCUT2D eigenvalue weighted by Gasteiger charge is 2.38. The predicted octanol–water partition coefficient (Wildman–Crippen LogP) is 2.97. The molecule has 2 atom stereocenters. The van der Waals surface area contributed by atoms with E-state index in [1.165, 1.54) is 27.0 Å². The zero-order valence-electron chi connectivity index (χ0n) is 17.8. The molecule has 32 heavy (non-hydrogen) atoms. The summed E-state index contributed by atoms with van der Waals surface area (Å²) < 4.78 is 8.48. The normalized spacial score (nSPS) is 20.5. The van der Waals surface area contributed by atoms with Gasteiger partial charge in [-0.1, -0.05) is 12.1 Å². The van der Waals surface area contributed by atoms with E-state index in [0.717, 1.165) is 41.8 Å². The Balaban J connectivity index is 1.25. The average molecular weight is 449 g/mol. The fraction of sp³-hybridized carbons (Fsp3) is 0.375. The van der Waals surface area contributed by atoms with E-state index in [-0.39, 0.29) is 11.2 Å². The standard InChI is InChI=1S/C24H24N4O3S/c1-31-19-4-2-3-15-16(19)6-5-14-12-27(13-18(14)15)9-10-28-23(29)22-21(26-24(28)30)17-11-25-8-7-20(17)32-22/h2-4,7-8,11,14,18H,5-6,9-10,12-13H2,1H3,(H,26,30)/t14-,18+/m1/s1. The largest absolute Gasteiger partial charge is 0.496 e. The van der Waals surface area contributed by atoms with Gasteiger partial charge in [-0.2, -0.15) is 0 Å². The van der Waals surface area contributed by atoms with Crippen LogP contribution in [0.15, 0.2) is 46.2 Å². The first-order valence-corrected chi connectivity index (χ1v) is 11.8. The molecular formula is C24H24N4O3S. The Kier molecular flexibility index (Phi) is 4.66. The van der Waals surface area contributed by atoms with E-state index in [2.05, 4.69) is 27.0 Å². The van der Waals surface area contributed by atoms with E-state index in [0.29, 0.717) is 35.1 Å². The zero-order valence-corrected chi connectivity index (χ0v) is 18.7. The van der Waals surface area contributed by atoms with Crippen molar-refractivity contribution in [2.75, 3.05) is 26.7 Å². The third-order valence-corrected chi connectivity index (χ3v) is 8.28. The summed E-state index contributed by atoms with van der Waals surface area (Å²) in [7, 11) is 1.74. The molecule has 1 N–H and O–H groups in total. The summed E-state index contributed by atoms with van der Waals surface area (Å²) in [6.45, 7) is 3.04. The third kappa shape index (κ3) is 3.01. The monoisotopic (exact) mass is 448 g/mol. The maximum atomic E-state index is 13.1. The number of aromatic nitrogens is 3. The molecular weight excluding hydrogens is 424 g/mol. The number of hydrogen-bond acceptors (Lipinski definition) is 6. The van der Waals surface area contributed by atoms with Gasteiger partial charge in [0.1, 0.15) is 10.4 Å². The number of nitrogens with zero attached hydrogens (tertiary/aromatic N) is 3. The van der Waals surface area contributed by atoms with E-state index in [1.807, 2.05) is 12.1 Å². The van der Waals surface area contributed by atoms with Gasteiger partial charge in [0.05, 0.1) is 12.6 Å². The van der Waals surface area contributed by atoms with Gasteiger partial charge in [-0.3, -0.25) is 14.3 Å². The molecule has 7 nitrogen and oxygen atoms in total. The van der Waals surface area contributed by atoms with Crippen molar-refractivity contribution in [1.29, 1.82) is 0 Å². The number of rotatable bonds is 4. The minimum Gasteiger partial charge on any atom is -0.496 e. The summed E-state index contributed by atoms with van der Waals surface area (Å²) >= 11 is 1.41. The Morgan fingerprint density at radius 1 is 1.22 bits per heavy atom. The van der Waals surface area contributed by atoms with Crippen LogP contribution in [0.4, 0.5) is 0 Å². The minimum atomic E-state index is -0.349. The molecule has 1 aliphatic heterocycles. The molecule has 164 valence electrons. The Morgan fingerprint density at radius 3 is 3.00 bits per heavy atom. The summed E-state index contributed by atoms with van der Waals surface area (Å²) in [6.07, 6.45) is 5.60. The Morgan fingerprint density at radius 2 is 2.12 bits per heavy atom. The molecule has 6 rings (SSSR count). The van der Waals surface area contributed by atoms with Crippen LogP contribution in [0.3, 0.4) is 0 Å². The number of likely N-dealkylation sites (tertiary alicyclic amines) is 1. The highest BCUT2D eigenvalue weighted by atomic mass is 32.1. The SMILES string of the molecule is COc1cccc2c1CC[C@@H]1CN(CCn3c(=O)[nH]c4c(sc5ccncc54)c3=O)C[C@H]21. The number of methoxy groups -OCH3 is 1. The highest BCUT2D eigenvalue weighted by molar-refractivity contribution is 7.25. The number of pyridine rings is 1. The molecule has 0 saturated carbocycles. The molecule has 0 bridgehead atoms. The molecule has 0 spiro atoms. The van der Waals surface area contributed by atoms with Crippen LogP contribution >= 0.6 is 11.3 Å². The smallest absolute Gasteiger partial charge is 0.328 e. The molecule has 1 saturated heterocycles. The van der Waals surface area contributed by atoms with Crippen molar-refractivity contribution >= 4 is 31.6 Å². The van der Waals surface area contributed by atoms with Crippen LogP contribution in [-0.4, -0.2) is 46.2 Å². The number of ether oxygens (including phenoxy) is 1. The highest BCUT2D eigenvalue weighted by Crippen LogP contribution is 2.43. The fourth-order valence-electron chi connectivity index (χ4n) is 5.56. The van der Waals surface area contributed by atoms with E-state index < -0.39 is 0 Å². The summed E-state index contributed by atoms with van der Waals surface area (Å²) in [5, 5.41) is 0.826. The van der Waals surface area contributed by atoms with Crippen molar-refractivity contribution in [3.63, 3.8) is 0 Å². The van der Waals surface area contributed by atoms with Gasteiger partial charge in [-0.15, -0.1) is 11.3 Å². The number of H-pyrrole nitrogens is 1. The number of hydrogen-bond donors (Lipinski definition) is 1. The van der Waals surface area contributed by atoms with Crippen LogP contribution in [0, 0.1) is 5.92 Å². The molecule has 4 heterocycles. The molecule has 1 aromatic carbocycles. The molecule has 3 aromatic heterocycles. The van der Waals surface area contributed by atoms with Gasteiger partial charge in [-0.25, -0.2) is 4.79 Å². The van der Waals surface area contributed by atoms with Crippen molar-refractivity contribution in [2.24, 2.45) is 5.92 Å². The lowest BCUT2D eigenvalue weighted by molar-refractivity contribution is 0.303. The second-order valence-electron chi connectivity index (χ2n) is 8.76. The maximum Gasteiger partial charge on any atom is 0.328 e. The van der Waals surface area contributed by atoms with Gasteiger partial charge in [0, 0.05) is 54.6 Å². The van der Waals surface area contributed by atoms with Gasteiger partial charge in [0.15, 0.2) is 0 Å². The zero-order chi connectivity index (χ0) is 21.8. The summed E-state index contributed by atoms with van der Waals surface area (Å²) in [6, 6.07) is 8.24. The lowest BCUT2D eigenvalue weighted by Gasteiger charge is -2.28. The fourth-order valence-corrected chi connectivity index (χ4v) is 6.63. The number of nitrogens with one attached hydrogen (secondary N) is 1. The van der Waals surface area contributed by atoms with Crippen LogP contribution < -0.4 is 16.0 Å². The van der Waals surface area contributed by atoms with Crippen LogP contribution in [0.1, 0.15) is 23.5 Å². The molecule has 8 heteroatoms. The Hall–Kier alpha value is -2.97. The first-order chi connectivity index (χ1) is 15.6. The second-order valence-corrected chi connectivity index (χ2v) is 9.81. The minimum absolute atomic E-state index is 0.211. The third-order valence-electron chi connectivity index (χ3n) is 7.12. The summed E-state index contributed by atoms with van der Waals surface area (Å²) in [5.41, 5.74) is 2.78. The molecule has 1 aliphatic carbocycles. The van der Waals surface area contributed by atoms with Gasteiger partial charge in [0.2, 0.25) is 0 Å². The van der Waals surface area contributed by atoms with Crippen molar-refractivity contribution in [1.82, 2.24) is 19.4 Å². The molecule has 0 amide bonds. The summed E-state index contributed by atoms with van der Waals surface area (Å²) in [5.74, 6) is 2.09. The van der Waals surface area contributed by atoms with Crippen molar-refractivity contribution in [3.8, 4) is 5.75 Å². The molecule has 0 unspecified atom stereocenters. The molecule has 0 radical (unpaired) electrons. The predicted molar refractivity (Wildman–Crippen MR) is 126 cm³/mol. The maximum absolute atomic E-state index is 13.1. The van der Waals surface area contributed by atoms with E-state index in [9.17, 15) is 9.59 Å². The van der Waals surface area contributed by atoms with Gasteiger partial charge in [-0.05, 0) is 42.0 Å². The van der Waals surface area contributed by atoms with Crippen LogP contribution in [-0.2, 0) is 13.0 Å². The number of aromatic amines is 1. The van der Waals surface area contributed by atoms with Crippen molar-refractivity contribution in [3.05, 3.63) is 68.6 Å². The number of thiophene rings is 1. The molecule has 2 aliphatic rings. The molecule has 4 aromatic rings. The van der Waals surface area contributed by atoms with Crippen molar-refractivity contribution < 1.29 is 4.74 Å². The van der Waals surface area contributed by atoms with Gasteiger partial charge in [0.25, 0.3) is 5.56 Å². The topological polar surface area (TPSA) is 80.2 Å². The van der Waals surface area contributed by atoms with E-state index in [1.54, 1.807) is 19.5 Å². The quantitative estimate of drug-likeness (QED) is 0.519. The lowest BCUT2D eigenvalue weighted by atomic mass is 9.77. The van der Waals surface area contributed by atoms with Gasteiger partial charge < -0.3 is 14.6 Å². The Labute approximate surface area is 188 Å².